The Hall–Kier alpha value is -1.02. The Morgan fingerprint density at radius 3 is 2.75 bits per heavy atom. The van der Waals surface area contributed by atoms with Gasteiger partial charge in [0.25, 0.3) is 0 Å². The molecule has 2 heteroatoms. The fourth-order valence-electron chi connectivity index (χ4n) is 3.27. The van der Waals surface area contributed by atoms with E-state index in [-0.39, 0.29) is 5.41 Å². The standard InChI is InChI=1S/C18H30N2/c1-6-19-15(3)18(4,5)13-20-12-14(2)11-16-9-7-8-10-17(16)20/h7-10,14-15,19H,6,11-13H2,1-5H3. The quantitative estimate of drug-likeness (QED) is 0.880. The summed E-state index contributed by atoms with van der Waals surface area (Å²) >= 11 is 0. The molecule has 1 heterocycles. The van der Waals surface area contributed by atoms with E-state index >= 15 is 0 Å². The predicted molar refractivity (Wildman–Crippen MR) is 88.4 cm³/mol. The molecule has 2 rings (SSSR count). The van der Waals surface area contributed by atoms with E-state index in [0.29, 0.717) is 6.04 Å². The van der Waals surface area contributed by atoms with Crippen LogP contribution in [0.2, 0.25) is 0 Å². The van der Waals surface area contributed by atoms with Crippen LogP contribution in [0, 0.1) is 11.3 Å². The van der Waals surface area contributed by atoms with E-state index in [9.17, 15) is 0 Å². The van der Waals surface area contributed by atoms with Gasteiger partial charge in [0, 0.05) is 24.8 Å². The van der Waals surface area contributed by atoms with Crippen molar-refractivity contribution in [3.8, 4) is 0 Å². The minimum Gasteiger partial charge on any atom is -0.370 e. The van der Waals surface area contributed by atoms with Gasteiger partial charge >= 0.3 is 0 Å². The largest absolute Gasteiger partial charge is 0.370 e. The summed E-state index contributed by atoms with van der Waals surface area (Å²) in [5, 5.41) is 3.58. The molecule has 0 amide bonds. The first kappa shape index (κ1) is 15.4. The van der Waals surface area contributed by atoms with Gasteiger partial charge in [-0.1, -0.05) is 45.9 Å². The fourth-order valence-corrected chi connectivity index (χ4v) is 3.27. The summed E-state index contributed by atoms with van der Waals surface area (Å²) < 4.78 is 0. The first-order valence-electron chi connectivity index (χ1n) is 8.00. The molecule has 0 spiro atoms. The minimum atomic E-state index is 0.264. The average Bonchev–Trinajstić information content (AvgIpc) is 2.38. The van der Waals surface area contributed by atoms with Gasteiger partial charge in [-0.3, -0.25) is 0 Å². The van der Waals surface area contributed by atoms with E-state index in [0.717, 1.165) is 19.0 Å². The van der Waals surface area contributed by atoms with Crippen molar-refractivity contribution in [1.29, 1.82) is 0 Å². The highest BCUT2D eigenvalue weighted by Crippen LogP contribution is 2.33. The third-order valence-corrected chi connectivity index (χ3v) is 4.71. The van der Waals surface area contributed by atoms with Gasteiger partial charge in [0.2, 0.25) is 0 Å². The molecular formula is C18H30N2. The first-order valence-corrected chi connectivity index (χ1v) is 8.00. The Kier molecular flexibility index (Phi) is 4.74. The minimum absolute atomic E-state index is 0.264. The number of anilines is 1. The molecule has 0 aliphatic carbocycles. The lowest BCUT2D eigenvalue weighted by molar-refractivity contribution is 0.258. The Morgan fingerprint density at radius 1 is 1.35 bits per heavy atom. The first-order chi connectivity index (χ1) is 9.44. The second kappa shape index (κ2) is 6.17. The Bertz CT molecular complexity index is 439. The normalized spacial score (nSPS) is 20.6. The molecule has 1 aromatic rings. The van der Waals surface area contributed by atoms with Crippen LogP contribution in [0.25, 0.3) is 0 Å². The summed E-state index contributed by atoms with van der Waals surface area (Å²) in [5.74, 6) is 0.746. The lowest BCUT2D eigenvalue weighted by Gasteiger charge is -2.42. The van der Waals surface area contributed by atoms with Crippen molar-refractivity contribution < 1.29 is 0 Å². The lowest BCUT2D eigenvalue weighted by Crippen LogP contribution is -2.49. The molecule has 20 heavy (non-hydrogen) atoms. The van der Waals surface area contributed by atoms with Crippen molar-refractivity contribution >= 4 is 5.69 Å². The third-order valence-electron chi connectivity index (χ3n) is 4.71. The van der Waals surface area contributed by atoms with Crippen molar-refractivity contribution in [2.75, 3.05) is 24.5 Å². The van der Waals surface area contributed by atoms with Crippen LogP contribution in [0.1, 0.15) is 40.2 Å². The summed E-state index contributed by atoms with van der Waals surface area (Å²) in [5.41, 5.74) is 3.22. The van der Waals surface area contributed by atoms with Gasteiger partial charge < -0.3 is 10.2 Å². The molecule has 0 bridgehead atoms. The molecule has 0 saturated carbocycles. The third kappa shape index (κ3) is 3.35. The zero-order valence-corrected chi connectivity index (χ0v) is 13.7. The van der Waals surface area contributed by atoms with Crippen LogP contribution in [-0.2, 0) is 6.42 Å². The summed E-state index contributed by atoms with van der Waals surface area (Å²) in [6.45, 7) is 14.9. The molecule has 2 nitrogen and oxygen atoms in total. The highest BCUT2D eigenvalue weighted by atomic mass is 15.2. The summed E-state index contributed by atoms with van der Waals surface area (Å²) in [7, 11) is 0. The van der Waals surface area contributed by atoms with Crippen molar-refractivity contribution in [3.63, 3.8) is 0 Å². The van der Waals surface area contributed by atoms with Crippen LogP contribution in [0.5, 0.6) is 0 Å². The Balaban J connectivity index is 2.17. The van der Waals surface area contributed by atoms with Crippen LogP contribution in [0.4, 0.5) is 5.69 Å². The number of nitrogens with zero attached hydrogens (tertiary/aromatic N) is 1. The maximum Gasteiger partial charge on any atom is 0.0399 e. The second-order valence-electron chi connectivity index (χ2n) is 7.09. The van der Waals surface area contributed by atoms with E-state index < -0.39 is 0 Å². The molecule has 1 aliphatic rings. The van der Waals surface area contributed by atoms with Gasteiger partial charge in [-0.25, -0.2) is 0 Å². The van der Waals surface area contributed by atoms with E-state index in [2.05, 4.69) is 69.1 Å². The number of rotatable bonds is 5. The van der Waals surface area contributed by atoms with Crippen LogP contribution in [-0.4, -0.2) is 25.7 Å². The number of para-hydroxylation sites is 1. The number of hydrogen-bond acceptors (Lipinski definition) is 2. The van der Waals surface area contributed by atoms with E-state index in [1.54, 1.807) is 0 Å². The summed E-state index contributed by atoms with van der Waals surface area (Å²) in [4.78, 5) is 2.59. The number of hydrogen-bond donors (Lipinski definition) is 1. The predicted octanol–water partition coefficient (Wildman–Crippen LogP) is 3.71. The van der Waals surface area contributed by atoms with Gasteiger partial charge in [0.05, 0.1) is 0 Å². The highest BCUT2D eigenvalue weighted by Gasteiger charge is 2.31. The van der Waals surface area contributed by atoms with Gasteiger partial charge in [-0.05, 0) is 42.9 Å². The van der Waals surface area contributed by atoms with Gasteiger partial charge in [0.1, 0.15) is 0 Å². The van der Waals surface area contributed by atoms with Crippen molar-refractivity contribution in [1.82, 2.24) is 5.32 Å². The smallest absolute Gasteiger partial charge is 0.0399 e. The van der Waals surface area contributed by atoms with Gasteiger partial charge in [0.15, 0.2) is 0 Å². The van der Waals surface area contributed by atoms with Crippen LogP contribution >= 0.6 is 0 Å². The lowest BCUT2D eigenvalue weighted by atomic mass is 9.83. The maximum atomic E-state index is 3.58. The van der Waals surface area contributed by atoms with Crippen molar-refractivity contribution in [2.45, 2.75) is 47.1 Å². The van der Waals surface area contributed by atoms with E-state index in [1.165, 1.54) is 24.2 Å². The van der Waals surface area contributed by atoms with Crippen LogP contribution < -0.4 is 10.2 Å². The summed E-state index contributed by atoms with van der Waals surface area (Å²) in [6.07, 6.45) is 1.22. The molecule has 0 aromatic heterocycles. The molecule has 1 aliphatic heterocycles. The molecule has 1 N–H and O–H groups in total. The van der Waals surface area contributed by atoms with Crippen LogP contribution in [0.3, 0.4) is 0 Å². The Morgan fingerprint density at radius 2 is 2.05 bits per heavy atom. The van der Waals surface area contributed by atoms with Gasteiger partial charge in [-0.15, -0.1) is 0 Å². The molecule has 1 aromatic carbocycles. The molecule has 0 saturated heterocycles. The Labute approximate surface area is 124 Å². The molecule has 112 valence electrons. The zero-order valence-electron chi connectivity index (χ0n) is 13.7. The van der Waals surface area contributed by atoms with E-state index in [4.69, 9.17) is 0 Å². The average molecular weight is 274 g/mol. The summed E-state index contributed by atoms with van der Waals surface area (Å²) in [6, 6.07) is 9.44. The number of benzene rings is 1. The monoisotopic (exact) mass is 274 g/mol. The number of nitrogens with one attached hydrogen (secondary N) is 1. The molecule has 0 fully saturated rings. The maximum absolute atomic E-state index is 3.58. The van der Waals surface area contributed by atoms with Crippen molar-refractivity contribution in [2.24, 2.45) is 11.3 Å². The molecule has 2 unspecified atom stereocenters. The molecular weight excluding hydrogens is 244 g/mol. The highest BCUT2D eigenvalue weighted by molar-refractivity contribution is 5.56. The second-order valence-corrected chi connectivity index (χ2v) is 7.09. The van der Waals surface area contributed by atoms with Crippen molar-refractivity contribution in [3.05, 3.63) is 29.8 Å². The SMILES string of the molecule is CCNC(C)C(C)(C)CN1CC(C)Cc2ccccc21. The van der Waals surface area contributed by atoms with E-state index in [1.807, 2.05) is 0 Å². The van der Waals surface area contributed by atoms with Gasteiger partial charge in [-0.2, -0.15) is 0 Å². The van der Waals surface area contributed by atoms with Crippen LogP contribution in [0.15, 0.2) is 24.3 Å². The molecule has 2 atom stereocenters. The molecule has 0 radical (unpaired) electrons. The topological polar surface area (TPSA) is 15.3 Å². The number of fused-ring (bicyclic) bond motifs is 1. The zero-order chi connectivity index (χ0) is 14.8. The fraction of sp³-hybridized carbons (Fsp3) is 0.667.